The maximum absolute atomic E-state index is 15.2. The van der Waals surface area contributed by atoms with Crippen molar-refractivity contribution in [1.82, 2.24) is 30.0 Å². The van der Waals surface area contributed by atoms with Crippen molar-refractivity contribution in [2.24, 2.45) is 13.0 Å². The number of fused-ring (bicyclic) bond motifs is 1. The zero-order valence-electron chi connectivity index (χ0n) is 40.6. The second-order valence-corrected chi connectivity index (χ2v) is 22.3. The number of aryl methyl sites for hydroxylation is 1. The van der Waals surface area contributed by atoms with Gasteiger partial charge in [0.15, 0.2) is 4.90 Å². The zero-order chi connectivity index (χ0) is 52.7. The number of nitro groups is 1. The number of nitrogens with one attached hydrogen (secondary N) is 2. The van der Waals surface area contributed by atoms with E-state index in [9.17, 15) is 37.7 Å². The number of aromatic nitrogens is 4. The number of nitrogens with zero attached hydrogens (tertiary/aromatic N) is 8. The monoisotopic (exact) mass is 1060 g/mol. The molecule has 2 atom stereocenters. The van der Waals surface area contributed by atoms with Gasteiger partial charge in [0, 0.05) is 84.1 Å². The number of pyridine rings is 1. The van der Waals surface area contributed by atoms with Crippen LogP contribution in [0.2, 0.25) is 0 Å². The molecule has 0 saturated carbocycles. The van der Waals surface area contributed by atoms with Gasteiger partial charge in [0.1, 0.15) is 31.1 Å². The van der Waals surface area contributed by atoms with Crippen LogP contribution in [0.3, 0.4) is 0 Å². The van der Waals surface area contributed by atoms with E-state index in [1.165, 1.54) is 28.8 Å². The summed E-state index contributed by atoms with van der Waals surface area (Å²) in [5.41, 5.74) is -0.637. The van der Waals surface area contributed by atoms with Crippen LogP contribution in [0.25, 0.3) is 0 Å². The fourth-order valence-corrected chi connectivity index (χ4v) is 12.2. The van der Waals surface area contributed by atoms with Crippen LogP contribution < -0.4 is 14.9 Å². The number of nitro benzene ring substituents is 1. The highest BCUT2D eigenvalue weighted by Gasteiger charge is 2.45. The van der Waals surface area contributed by atoms with E-state index in [0.717, 1.165) is 71.1 Å². The molecule has 0 aliphatic carbocycles. The third-order valence-electron chi connectivity index (χ3n) is 13.9. The number of carbonyl (C=O) groups excluding carboxylic acids is 4. The van der Waals surface area contributed by atoms with Gasteiger partial charge in [-0.3, -0.25) is 43.8 Å². The summed E-state index contributed by atoms with van der Waals surface area (Å²) in [5.74, 6) is -0.614. The predicted octanol–water partition coefficient (Wildman–Crippen LogP) is 6.32. The SMILES string of the molecule is CCSc1cc(C2(Cc3nncn3C)COC2)cc(N2Cc3c(cc(C[N+]4(Cc5ccc(NS(=O)(=O)c6ccc(C(=O)NCCN7C(=O)C=CC7=O)cc6[N+](=O)[O-])cc5)CCC[C@H](C)C4)cc3C(F)(F)F)C2=O)n1. The molecule has 388 valence electrons. The number of quaternary nitrogens is 1. The molecular weight excluding hydrogens is 1010 g/mol. The molecular formula is C50H52F3N10O9S2+. The number of piperidine rings is 1. The molecule has 74 heavy (non-hydrogen) atoms. The Labute approximate surface area is 427 Å². The minimum atomic E-state index is -4.78. The number of imide groups is 1. The fraction of sp³-hybridized carbons (Fsp3) is 0.380. The van der Waals surface area contributed by atoms with Crippen LogP contribution in [0.1, 0.15) is 81.0 Å². The smallest absolute Gasteiger partial charge is 0.379 e. The number of ether oxygens (including phenoxy) is 1. The molecule has 1 unspecified atom stereocenters. The summed E-state index contributed by atoms with van der Waals surface area (Å²) in [6.45, 7) is 5.96. The summed E-state index contributed by atoms with van der Waals surface area (Å²) in [7, 11) is -2.75. The average molecular weight is 1060 g/mol. The van der Waals surface area contributed by atoms with Gasteiger partial charge in [-0.25, -0.2) is 13.4 Å². The molecule has 4 aliphatic rings. The van der Waals surface area contributed by atoms with E-state index in [-0.39, 0.29) is 60.3 Å². The van der Waals surface area contributed by atoms with Crippen LogP contribution in [0.5, 0.6) is 0 Å². The number of amides is 4. The number of sulfonamides is 1. The molecule has 0 spiro atoms. The number of hydrogen-bond donors (Lipinski definition) is 2. The highest BCUT2D eigenvalue weighted by molar-refractivity contribution is 7.99. The normalized spacial score (nSPS) is 19.4. The number of hydrogen-bond acceptors (Lipinski definition) is 13. The lowest BCUT2D eigenvalue weighted by Gasteiger charge is -2.44. The van der Waals surface area contributed by atoms with E-state index in [2.05, 4.69) is 27.2 Å². The Hall–Kier alpha value is -7.02. The Balaban J connectivity index is 0.936. The molecule has 4 aliphatic heterocycles. The minimum Gasteiger partial charge on any atom is -0.379 e. The first-order chi connectivity index (χ1) is 35.2. The molecule has 19 nitrogen and oxygen atoms in total. The van der Waals surface area contributed by atoms with Gasteiger partial charge in [-0.15, -0.1) is 22.0 Å². The molecule has 5 aromatic rings. The van der Waals surface area contributed by atoms with Gasteiger partial charge < -0.3 is 19.1 Å². The van der Waals surface area contributed by atoms with Crippen molar-refractivity contribution >= 4 is 62.6 Å². The Morgan fingerprint density at radius 3 is 2.38 bits per heavy atom. The molecule has 0 radical (unpaired) electrons. The lowest BCUT2D eigenvalue weighted by Crippen LogP contribution is -2.52. The Bertz CT molecular complexity index is 3200. The summed E-state index contributed by atoms with van der Waals surface area (Å²) in [5, 5.41) is 23.5. The van der Waals surface area contributed by atoms with E-state index in [1.807, 2.05) is 24.6 Å². The largest absolute Gasteiger partial charge is 0.416 e. The molecule has 2 aromatic heterocycles. The second-order valence-electron chi connectivity index (χ2n) is 19.3. The Kier molecular flexibility index (Phi) is 14.3. The van der Waals surface area contributed by atoms with E-state index in [4.69, 9.17) is 9.72 Å². The van der Waals surface area contributed by atoms with E-state index < -0.39 is 66.3 Å². The van der Waals surface area contributed by atoms with E-state index >= 15 is 13.2 Å². The van der Waals surface area contributed by atoms with Crippen LogP contribution in [0.4, 0.5) is 30.4 Å². The summed E-state index contributed by atoms with van der Waals surface area (Å²) in [6.07, 6.45) is 1.21. The highest BCUT2D eigenvalue weighted by atomic mass is 32.2. The summed E-state index contributed by atoms with van der Waals surface area (Å²) >= 11 is 1.46. The summed E-state index contributed by atoms with van der Waals surface area (Å²) < 4.78 is 83.1. The highest BCUT2D eigenvalue weighted by Crippen LogP contribution is 2.43. The van der Waals surface area contributed by atoms with Crippen molar-refractivity contribution in [1.29, 1.82) is 0 Å². The quantitative estimate of drug-likeness (QED) is 0.0322. The molecule has 2 fully saturated rings. The zero-order valence-corrected chi connectivity index (χ0v) is 42.2. The predicted molar refractivity (Wildman–Crippen MR) is 264 cm³/mol. The number of halogens is 3. The van der Waals surface area contributed by atoms with Crippen LogP contribution in [0, 0.1) is 16.0 Å². The van der Waals surface area contributed by atoms with Crippen molar-refractivity contribution in [2.45, 2.75) is 74.3 Å². The third-order valence-corrected chi connectivity index (χ3v) is 16.2. The summed E-state index contributed by atoms with van der Waals surface area (Å²) in [4.78, 5) is 68.5. The van der Waals surface area contributed by atoms with E-state index in [0.29, 0.717) is 60.1 Å². The molecule has 2 N–H and O–H groups in total. The van der Waals surface area contributed by atoms with Gasteiger partial charge in [-0.1, -0.05) is 26.0 Å². The van der Waals surface area contributed by atoms with Gasteiger partial charge in [-0.05, 0) is 78.3 Å². The van der Waals surface area contributed by atoms with Crippen molar-refractivity contribution in [3.63, 3.8) is 0 Å². The number of likely N-dealkylation sites (tertiary alicyclic amines) is 1. The molecule has 6 heterocycles. The minimum absolute atomic E-state index is 0.0335. The maximum atomic E-state index is 15.2. The molecule has 2 saturated heterocycles. The Morgan fingerprint density at radius 1 is 1.01 bits per heavy atom. The first-order valence-electron chi connectivity index (χ1n) is 23.8. The van der Waals surface area contributed by atoms with Gasteiger partial charge in [0.2, 0.25) is 0 Å². The standard InChI is InChI=1S/C50H51F3N10O9S2/c1-4-73-44-22-35(49(28-72-29-49)23-43-57-55-30-59(43)3)21-42(56-44)61-24-38-37(48(61)67)18-33(19-39(38)50(51,52)53)27-63(17-5-6-31(2)25-63)26-32-7-10-36(11-8-32)58-74(70,71)41-12-9-34(20-40(41)62(68)69)47(66)54-15-16-60-45(64)13-14-46(60)65/h7-14,18-22,30-31,58H,4-6,15-17,23-29H2,1-3H3/p+1/t31-,63?/m0/s1. The van der Waals surface area contributed by atoms with Gasteiger partial charge in [0.25, 0.3) is 39.3 Å². The molecule has 0 bridgehead atoms. The summed E-state index contributed by atoms with van der Waals surface area (Å²) in [6, 6.07) is 15.7. The lowest BCUT2D eigenvalue weighted by molar-refractivity contribution is -0.960. The van der Waals surface area contributed by atoms with E-state index in [1.54, 1.807) is 30.6 Å². The molecule has 24 heteroatoms. The number of thioether (sulfide) groups is 1. The number of rotatable bonds is 18. The first-order valence-corrected chi connectivity index (χ1v) is 26.3. The lowest BCUT2D eigenvalue weighted by atomic mass is 9.76. The van der Waals surface area contributed by atoms with Gasteiger partial charge in [0.05, 0.1) is 48.4 Å². The van der Waals surface area contributed by atoms with Crippen LogP contribution in [-0.4, -0.2) is 111 Å². The fourth-order valence-electron chi connectivity index (χ4n) is 10.3. The second kappa shape index (κ2) is 20.4. The first kappa shape index (κ1) is 51.9. The number of carbonyl (C=O) groups is 4. The van der Waals surface area contributed by atoms with Crippen molar-refractivity contribution in [3.8, 4) is 0 Å². The number of anilines is 2. The topological polar surface area (TPSA) is 229 Å². The Morgan fingerprint density at radius 2 is 1.74 bits per heavy atom. The van der Waals surface area contributed by atoms with Crippen molar-refractivity contribution in [2.75, 3.05) is 54.8 Å². The third kappa shape index (κ3) is 10.7. The average Bonchev–Trinajstić information content (AvgIpc) is 4.01. The van der Waals surface area contributed by atoms with Crippen molar-refractivity contribution < 1.29 is 54.9 Å². The van der Waals surface area contributed by atoms with Crippen molar-refractivity contribution in [3.05, 3.63) is 140 Å². The molecule has 9 rings (SSSR count). The number of alkyl halides is 3. The number of benzene rings is 3. The maximum Gasteiger partial charge on any atom is 0.416 e. The van der Waals surface area contributed by atoms with Crippen LogP contribution >= 0.6 is 11.8 Å². The van der Waals surface area contributed by atoms with Crippen LogP contribution in [-0.2, 0) is 69.0 Å². The van der Waals surface area contributed by atoms with Gasteiger partial charge in [-0.2, -0.15) is 13.2 Å². The molecule has 4 amide bonds. The molecule has 3 aromatic carbocycles. The van der Waals surface area contributed by atoms with Gasteiger partial charge >= 0.3 is 6.18 Å². The van der Waals surface area contributed by atoms with Crippen LogP contribution in [0.15, 0.2) is 95.1 Å².